The maximum atomic E-state index is 4.76. The summed E-state index contributed by atoms with van der Waals surface area (Å²) in [5.74, 6) is 0. The Kier molecular flexibility index (Phi) is 13.5. The molecule has 10 rings (SSSR count). The first-order valence-corrected chi connectivity index (χ1v) is 21.9. The van der Waals surface area contributed by atoms with Gasteiger partial charge in [-0.25, -0.2) is 0 Å². The number of nitrogens with zero attached hydrogens (tertiary/aromatic N) is 3. The van der Waals surface area contributed by atoms with Crippen LogP contribution < -0.4 is 0 Å². The SMILES string of the molecule is [Ir+3].[c-]1cc(CCc2cc(CCc3c[c-]c(-c4ccccn4)cc3)cc(-c3ccccc3-c3c[c-]c(-c4cc(-c5ccc(-c6ccccc6)cc5)ccn4)cc3)c2)ccc1-c1ccccn1. The van der Waals surface area contributed by atoms with Gasteiger partial charge in [-0.05, 0) is 92.6 Å². The predicted octanol–water partition coefficient (Wildman–Crippen LogP) is 14.5. The third-order valence-corrected chi connectivity index (χ3v) is 11.8. The molecule has 0 unspecified atom stereocenters. The van der Waals surface area contributed by atoms with Crippen LogP contribution in [0.4, 0.5) is 0 Å². The smallest absolute Gasteiger partial charge is 0.305 e. The summed E-state index contributed by atoms with van der Waals surface area (Å²) in [5.41, 5.74) is 20.3. The van der Waals surface area contributed by atoms with Gasteiger partial charge in [-0.3, -0.25) is 0 Å². The van der Waals surface area contributed by atoms with Crippen molar-refractivity contribution in [2.75, 3.05) is 0 Å². The molecule has 0 radical (unpaired) electrons. The number of pyridine rings is 3. The normalized spacial score (nSPS) is 10.9. The molecule has 65 heavy (non-hydrogen) atoms. The van der Waals surface area contributed by atoms with Crippen molar-refractivity contribution in [1.29, 1.82) is 0 Å². The van der Waals surface area contributed by atoms with Crippen LogP contribution >= 0.6 is 0 Å². The second-order valence-corrected chi connectivity index (χ2v) is 16.1. The second kappa shape index (κ2) is 20.4. The van der Waals surface area contributed by atoms with Gasteiger partial charge in [0.05, 0.1) is 0 Å². The maximum Gasteiger partial charge on any atom is 3.00 e. The summed E-state index contributed by atoms with van der Waals surface area (Å²) in [5, 5.41) is 0. The zero-order chi connectivity index (χ0) is 42.9. The molecule has 4 heteroatoms. The first-order valence-electron chi connectivity index (χ1n) is 21.9. The van der Waals surface area contributed by atoms with E-state index in [-0.39, 0.29) is 20.1 Å². The van der Waals surface area contributed by atoms with Gasteiger partial charge < -0.3 is 15.0 Å². The van der Waals surface area contributed by atoms with Gasteiger partial charge in [-0.1, -0.05) is 151 Å². The summed E-state index contributed by atoms with van der Waals surface area (Å²) in [6.45, 7) is 0. The Morgan fingerprint density at radius 3 is 1.29 bits per heavy atom. The number of aromatic nitrogens is 3. The average molecular weight is 1010 g/mol. The van der Waals surface area contributed by atoms with Crippen LogP contribution in [0, 0.1) is 18.2 Å². The summed E-state index contributed by atoms with van der Waals surface area (Å²) < 4.78 is 0. The topological polar surface area (TPSA) is 38.7 Å². The van der Waals surface area contributed by atoms with Crippen molar-refractivity contribution in [3.63, 3.8) is 0 Å². The van der Waals surface area contributed by atoms with E-state index in [1.165, 1.54) is 50.1 Å². The van der Waals surface area contributed by atoms with Crippen LogP contribution in [0.3, 0.4) is 0 Å². The van der Waals surface area contributed by atoms with Crippen LogP contribution in [0.2, 0.25) is 0 Å². The van der Waals surface area contributed by atoms with Gasteiger partial charge in [-0.2, -0.15) is 0 Å². The summed E-state index contributed by atoms with van der Waals surface area (Å²) in [4.78, 5) is 13.8. The molecule has 3 nitrogen and oxygen atoms in total. The van der Waals surface area contributed by atoms with E-state index in [1.807, 2.05) is 61.1 Å². The molecule has 3 heterocycles. The van der Waals surface area contributed by atoms with E-state index in [0.717, 1.165) is 76.1 Å². The molecule has 0 atom stereocenters. The molecule has 0 aliphatic rings. The largest absolute Gasteiger partial charge is 3.00 e. The molecule has 0 fully saturated rings. The van der Waals surface area contributed by atoms with Gasteiger partial charge in [0.2, 0.25) is 0 Å². The Labute approximate surface area is 396 Å². The predicted molar refractivity (Wildman–Crippen MR) is 262 cm³/mol. The Morgan fingerprint density at radius 2 is 0.754 bits per heavy atom. The zero-order valence-electron chi connectivity index (χ0n) is 35.8. The van der Waals surface area contributed by atoms with Gasteiger partial charge in [0.1, 0.15) is 0 Å². The number of rotatable bonds is 13. The molecule has 0 N–H and O–H groups in total. The Hall–Kier alpha value is -7.36. The Bertz CT molecular complexity index is 2990. The molecule has 0 bridgehead atoms. The fourth-order valence-electron chi connectivity index (χ4n) is 8.35. The monoisotopic (exact) mass is 1010 g/mol. The first-order chi connectivity index (χ1) is 31.7. The molecule has 3 aromatic heterocycles. The van der Waals surface area contributed by atoms with Crippen molar-refractivity contribution in [2.24, 2.45) is 0 Å². The van der Waals surface area contributed by atoms with Crippen molar-refractivity contribution in [2.45, 2.75) is 25.7 Å². The maximum absolute atomic E-state index is 4.76. The van der Waals surface area contributed by atoms with Crippen molar-refractivity contribution < 1.29 is 20.1 Å². The minimum absolute atomic E-state index is 0. The Morgan fingerprint density at radius 1 is 0.292 bits per heavy atom. The number of aryl methyl sites for hydroxylation is 4. The van der Waals surface area contributed by atoms with Crippen molar-refractivity contribution in [3.8, 4) is 78.3 Å². The van der Waals surface area contributed by atoms with Gasteiger partial charge in [0, 0.05) is 18.6 Å². The summed E-state index contributed by atoms with van der Waals surface area (Å²) in [6, 6.07) is 81.2. The van der Waals surface area contributed by atoms with E-state index >= 15 is 0 Å². The molecule has 0 saturated carbocycles. The quantitative estimate of drug-likeness (QED) is 0.108. The van der Waals surface area contributed by atoms with Crippen LogP contribution in [-0.4, -0.2) is 15.0 Å². The van der Waals surface area contributed by atoms with Crippen LogP contribution in [0.15, 0.2) is 219 Å². The van der Waals surface area contributed by atoms with E-state index in [1.54, 1.807) is 0 Å². The fraction of sp³-hybridized carbons (Fsp3) is 0.0656. The van der Waals surface area contributed by atoms with E-state index in [0.29, 0.717) is 0 Å². The summed E-state index contributed by atoms with van der Waals surface area (Å²) in [7, 11) is 0. The minimum atomic E-state index is 0. The zero-order valence-corrected chi connectivity index (χ0v) is 38.2. The Balaban J connectivity index is 0.00000533. The number of hydrogen-bond acceptors (Lipinski definition) is 3. The van der Waals surface area contributed by atoms with Crippen molar-refractivity contribution >= 4 is 0 Å². The fourth-order valence-corrected chi connectivity index (χ4v) is 8.35. The molecule has 312 valence electrons. The van der Waals surface area contributed by atoms with Gasteiger partial charge in [-0.15, -0.1) is 101 Å². The van der Waals surface area contributed by atoms with Crippen LogP contribution in [0.5, 0.6) is 0 Å². The number of benzene rings is 7. The minimum Gasteiger partial charge on any atom is -0.305 e. The second-order valence-electron chi connectivity index (χ2n) is 16.1. The van der Waals surface area contributed by atoms with Crippen molar-refractivity contribution in [1.82, 2.24) is 15.0 Å². The first kappa shape index (κ1) is 42.9. The molecule has 0 saturated heterocycles. The third kappa shape index (κ3) is 10.4. The molecular weight excluding hydrogens is 967 g/mol. The van der Waals surface area contributed by atoms with E-state index in [2.05, 4.69) is 186 Å². The van der Waals surface area contributed by atoms with E-state index in [9.17, 15) is 0 Å². The van der Waals surface area contributed by atoms with E-state index in [4.69, 9.17) is 4.98 Å². The molecule has 0 spiro atoms. The molecule has 10 aromatic rings. The van der Waals surface area contributed by atoms with Gasteiger partial charge >= 0.3 is 20.1 Å². The van der Waals surface area contributed by atoms with Crippen LogP contribution in [0.1, 0.15) is 22.3 Å². The van der Waals surface area contributed by atoms with Crippen molar-refractivity contribution in [3.05, 3.63) is 259 Å². The number of hydrogen-bond donors (Lipinski definition) is 0. The van der Waals surface area contributed by atoms with E-state index < -0.39 is 0 Å². The molecule has 0 amide bonds. The molecule has 0 aliphatic heterocycles. The van der Waals surface area contributed by atoms with Gasteiger partial charge in [0.15, 0.2) is 0 Å². The summed E-state index contributed by atoms with van der Waals surface area (Å²) in [6.07, 6.45) is 9.20. The van der Waals surface area contributed by atoms with Gasteiger partial charge in [0.25, 0.3) is 0 Å². The molecular formula is C61H44IrN3. The summed E-state index contributed by atoms with van der Waals surface area (Å²) >= 11 is 0. The third-order valence-electron chi connectivity index (χ3n) is 11.8. The standard InChI is InChI=1S/C61H44N3.Ir/c1-2-10-48(11-3-1)49-28-30-50(31-29-49)55-36-39-64-61(43-55)54-34-32-51(33-35-54)57-12-4-5-13-58(57)56-41-46(18-16-44-20-24-52(25-21-44)59-14-6-8-37-62-59)40-47(42-56)19-17-45-22-26-53(27-23-45)60-15-7-9-38-63-60;/h1-15,20-24,26,28-34,36-43H,16-19H2;/q-3;+3. The van der Waals surface area contributed by atoms with Crippen LogP contribution in [-0.2, 0) is 45.8 Å². The molecule has 0 aliphatic carbocycles. The van der Waals surface area contributed by atoms with Crippen LogP contribution in [0.25, 0.3) is 78.3 Å². The molecule has 7 aromatic carbocycles. The average Bonchev–Trinajstić information content (AvgIpc) is 3.38.